The Balaban J connectivity index is 2.49. The predicted octanol–water partition coefficient (Wildman–Crippen LogP) is 1.59. The minimum absolute atomic E-state index is 0.0783. The summed E-state index contributed by atoms with van der Waals surface area (Å²) in [4.78, 5) is 23.4. The van der Waals surface area contributed by atoms with Crippen molar-refractivity contribution in [2.45, 2.75) is 0 Å². The van der Waals surface area contributed by atoms with Gasteiger partial charge in [-0.15, -0.1) is 0 Å². The zero-order valence-electron chi connectivity index (χ0n) is 7.97. The van der Waals surface area contributed by atoms with Crippen LogP contribution in [0.25, 0.3) is 11.3 Å². The van der Waals surface area contributed by atoms with Crippen molar-refractivity contribution in [3.63, 3.8) is 0 Å². The first-order valence-corrected chi connectivity index (χ1v) is 5.18. The van der Waals surface area contributed by atoms with Crippen molar-refractivity contribution < 1.29 is 4.92 Å². The van der Waals surface area contributed by atoms with E-state index in [0.29, 0.717) is 11.3 Å². The van der Waals surface area contributed by atoms with Crippen LogP contribution < -0.4 is 10.6 Å². The van der Waals surface area contributed by atoms with E-state index in [9.17, 15) is 14.9 Å². The van der Waals surface area contributed by atoms with Crippen LogP contribution in [-0.4, -0.2) is 9.91 Å². The van der Waals surface area contributed by atoms with Gasteiger partial charge in [0.1, 0.15) is 5.69 Å². The molecule has 0 atom stereocenters. The molecular weight excluding hydrogens is 230 g/mol. The van der Waals surface area contributed by atoms with Gasteiger partial charge < -0.3 is 10.7 Å². The highest BCUT2D eigenvalue weighted by Crippen LogP contribution is 2.27. The first kappa shape index (κ1) is 10.4. The molecule has 2 aromatic rings. The molecule has 0 aliphatic carbocycles. The lowest BCUT2D eigenvalue weighted by Gasteiger charge is -2.00. The normalized spacial score (nSPS) is 10.2. The molecule has 16 heavy (non-hydrogen) atoms. The molecule has 0 saturated heterocycles. The molecule has 0 aliphatic rings. The van der Waals surface area contributed by atoms with Crippen molar-refractivity contribution >= 4 is 22.7 Å². The summed E-state index contributed by atoms with van der Waals surface area (Å²) in [6.45, 7) is 0. The molecule has 7 heteroatoms. The molecule has 0 unspecified atom stereocenters. The van der Waals surface area contributed by atoms with Crippen LogP contribution in [0.15, 0.2) is 28.4 Å². The third kappa shape index (κ3) is 1.80. The fourth-order valence-electron chi connectivity index (χ4n) is 1.31. The number of aromatic nitrogens is 1. The lowest BCUT2D eigenvalue weighted by atomic mass is 10.1. The average molecular weight is 237 g/mol. The van der Waals surface area contributed by atoms with Crippen LogP contribution in [0.2, 0.25) is 0 Å². The maximum absolute atomic E-state index is 10.9. The zero-order chi connectivity index (χ0) is 11.7. The first-order chi connectivity index (χ1) is 7.58. The van der Waals surface area contributed by atoms with E-state index in [-0.39, 0.29) is 16.2 Å². The van der Waals surface area contributed by atoms with Crippen LogP contribution in [-0.2, 0) is 0 Å². The van der Waals surface area contributed by atoms with E-state index in [1.807, 2.05) is 0 Å². The number of aromatic amines is 1. The molecule has 1 heterocycles. The molecule has 0 saturated carbocycles. The third-order valence-electron chi connectivity index (χ3n) is 2.06. The standard InChI is InChI=1S/C9H7N3O3S/c10-6-3-5(1-2-8(6)12(14)15)7-4-16-9(13)11-7/h1-4H,10H2,(H,11,13). The van der Waals surface area contributed by atoms with Gasteiger partial charge in [-0.05, 0) is 12.1 Å². The summed E-state index contributed by atoms with van der Waals surface area (Å²) in [6, 6.07) is 4.34. The minimum atomic E-state index is -0.546. The third-order valence-corrected chi connectivity index (χ3v) is 2.73. The summed E-state index contributed by atoms with van der Waals surface area (Å²) in [5, 5.41) is 12.2. The smallest absolute Gasteiger partial charge is 0.304 e. The highest BCUT2D eigenvalue weighted by atomic mass is 32.1. The Labute approximate surface area is 93.5 Å². The molecule has 1 aromatic heterocycles. The Bertz CT molecular complexity index is 602. The van der Waals surface area contributed by atoms with Gasteiger partial charge in [-0.3, -0.25) is 14.9 Å². The van der Waals surface area contributed by atoms with Crippen molar-refractivity contribution in [3.8, 4) is 11.3 Å². The van der Waals surface area contributed by atoms with Gasteiger partial charge in [0.05, 0.1) is 10.6 Å². The van der Waals surface area contributed by atoms with Crippen molar-refractivity contribution in [1.29, 1.82) is 0 Å². The molecular formula is C9H7N3O3S. The molecule has 0 bridgehead atoms. The van der Waals surface area contributed by atoms with Crippen LogP contribution >= 0.6 is 11.3 Å². The van der Waals surface area contributed by atoms with E-state index >= 15 is 0 Å². The summed E-state index contributed by atoms with van der Waals surface area (Å²) in [5.41, 5.74) is 6.74. The Morgan fingerprint density at radius 1 is 1.44 bits per heavy atom. The van der Waals surface area contributed by atoms with Gasteiger partial charge in [0, 0.05) is 17.0 Å². The number of hydrogen-bond acceptors (Lipinski definition) is 5. The van der Waals surface area contributed by atoms with Gasteiger partial charge in [-0.2, -0.15) is 0 Å². The predicted molar refractivity (Wildman–Crippen MR) is 61.4 cm³/mol. The lowest BCUT2D eigenvalue weighted by Crippen LogP contribution is -1.96. The summed E-state index contributed by atoms with van der Waals surface area (Å²) < 4.78 is 0. The van der Waals surface area contributed by atoms with Crippen LogP contribution in [0, 0.1) is 10.1 Å². The topological polar surface area (TPSA) is 102 Å². The number of nitrogen functional groups attached to an aromatic ring is 1. The number of nitro groups is 1. The molecule has 3 N–H and O–H groups in total. The van der Waals surface area contributed by atoms with Crippen LogP contribution in [0.1, 0.15) is 0 Å². The Hall–Kier alpha value is -2.15. The molecule has 0 fully saturated rings. The van der Waals surface area contributed by atoms with Crippen LogP contribution in [0.4, 0.5) is 11.4 Å². The Morgan fingerprint density at radius 3 is 2.69 bits per heavy atom. The quantitative estimate of drug-likeness (QED) is 0.470. The average Bonchev–Trinajstić information content (AvgIpc) is 2.64. The molecule has 1 aromatic carbocycles. The van der Waals surface area contributed by atoms with Gasteiger partial charge in [0.2, 0.25) is 0 Å². The highest BCUT2D eigenvalue weighted by Gasteiger charge is 2.12. The van der Waals surface area contributed by atoms with E-state index in [0.717, 1.165) is 11.3 Å². The van der Waals surface area contributed by atoms with E-state index in [1.165, 1.54) is 12.1 Å². The fraction of sp³-hybridized carbons (Fsp3) is 0. The molecule has 6 nitrogen and oxygen atoms in total. The summed E-state index contributed by atoms with van der Waals surface area (Å²) in [6.07, 6.45) is 0. The number of benzene rings is 1. The van der Waals surface area contributed by atoms with Crippen molar-refractivity contribution in [1.82, 2.24) is 4.98 Å². The van der Waals surface area contributed by atoms with Gasteiger partial charge in [-0.25, -0.2) is 0 Å². The number of H-pyrrole nitrogens is 1. The number of hydrogen-bond donors (Lipinski definition) is 2. The summed E-state index contributed by atoms with van der Waals surface area (Å²) in [7, 11) is 0. The van der Waals surface area contributed by atoms with Gasteiger partial charge >= 0.3 is 4.87 Å². The minimum Gasteiger partial charge on any atom is -0.393 e. The zero-order valence-corrected chi connectivity index (χ0v) is 8.78. The molecule has 0 radical (unpaired) electrons. The number of rotatable bonds is 2. The molecule has 2 rings (SSSR count). The number of thiazole rings is 1. The van der Waals surface area contributed by atoms with Crippen LogP contribution in [0.5, 0.6) is 0 Å². The number of nitrogens with zero attached hydrogens (tertiary/aromatic N) is 1. The number of anilines is 1. The molecule has 82 valence electrons. The second-order valence-electron chi connectivity index (χ2n) is 3.09. The number of nitrogens with two attached hydrogens (primary N) is 1. The van der Waals surface area contributed by atoms with E-state index in [2.05, 4.69) is 4.98 Å². The summed E-state index contributed by atoms with van der Waals surface area (Å²) >= 11 is 1.03. The van der Waals surface area contributed by atoms with E-state index in [1.54, 1.807) is 11.4 Å². The van der Waals surface area contributed by atoms with Gasteiger partial charge in [0.15, 0.2) is 0 Å². The van der Waals surface area contributed by atoms with E-state index < -0.39 is 4.92 Å². The largest absolute Gasteiger partial charge is 0.393 e. The molecule has 0 aliphatic heterocycles. The van der Waals surface area contributed by atoms with Gasteiger partial charge in [0.25, 0.3) is 5.69 Å². The lowest BCUT2D eigenvalue weighted by molar-refractivity contribution is -0.383. The Morgan fingerprint density at radius 2 is 2.19 bits per heavy atom. The summed E-state index contributed by atoms with van der Waals surface area (Å²) in [5.74, 6) is 0. The maximum atomic E-state index is 10.9. The first-order valence-electron chi connectivity index (χ1n) is 4.30. The van der Waals surface area contributed by atoms with Crippen molar-refractivity contribution in [2.24, 2.45) is 0 Å². The van der Waals surface area contributed by atoms with Gasteiger partial charge in [-0.1, -0.05) is 11.3 Å². The maximum Gasteiger partial charge on any atom is 0.304 e. The molecule has 0 amide bonds. The SMILES string of the molecule is Nc1cc(-c2csc(=O)[nH]2)ccc1[N+](=O)[O-]. The van der Waals surface area contributed by atoms with Crippen LogP contribution in [0.3, 0.4) is 0 Å². The molecule has 0 spiro atoms. The number of nitrogens with one attached hydrogen (secondary N) is 1. The monoisotopic (exact) mass is 237 g/mol. The Kier molecular flexibility index (Phi) is 2.45. The number of nitro benzene ring substituents is 1. The van der Waals surface area contributed by atoms with Crippen molar-refractivity contribution in [3.05, 3.63) is 43.4 Å². The van der Waals surface area contributed by atoms with Crippen molar-refractivity contribution in [2.75, 3.05) is 5.73 Å². The van der Waals surface area contributed by atoms with E-state index in [4.69, 9.17) is 5.73 Å². The second kappa shape index (κ2) is 3.78. The fourth-order valence-corrected chi connectivity index (χ4v) is 1.90. The highest BCUT2D eigenvalue weighted by molar-refractivity contribution is 7.07. The second-order valence-corrected chi connectivity index (χ2v) is 3.93.